The lowest BCUT2D eigenvalue weighted by atomic mass is 10.2. The summed E-state index contributed by atoms with van der Waals surface area (Å²) in [6.07, 6.45) is 6.77. The van der Waals surface area contributed by atoms with Crippen LogP contribution in [0, 0.1) is 0 Å². The van der Waals surface area contributed by atoms with Gasteiger partial charge in [0.15, 0.2) is 0 Å². The second-order valence-corrected chi connectivity index (χ2v) is 3.66. The number of rotatable bonds is 3. The largest absolute Gasteiger partial charge is 0.309 e. The predicted molar refractivity (Wildman–Crippen MR) is 48.2 cm³/mol. The van der Waals surface area contributed by atoms with Crippen LogP contribution >= 0.6 is 15.9 Å². The Morgan fingerprint density at radius 3 is 2.70 bits per heavy atom. The van der Waals surface area contributed by atoms with Crippen molar-refractivity contribution in [1.82, 2.24) is 5.32 Å². The smallest absolute Gasteiger partial charge is 0.0268 e. The van der Waals surface area contributed by atoms with Crippen LogP contribution in [0.3, 0.4) is 0 Å². The highest BCUT2D eigenvalue weighted by Gasteiger charge is 2.07. The standard InChI is InChI=1S/C8H12BrN/c1-7(9)6-10-8-4-2-3-5-8/h2-3,8,10H,1,4-6H2. The summed E-state index contributed by atoms with van der Waals surface area (Å²) in [5, 5.41) is 3.37. The fourth-order valence-electron chi connectivity index (χ4n) is 1.04. The zero-order valence-corrected chi connectivity index (χ0v) is 7.52. The minimum Gasteiger partial charge on any atom is -0.309 e. The summed E-state index contributed by atoms with van der Waals surface area (Å²) in [4.78, 5) is 0. The van der Waals surface area contributed by atoms with E-state index in [-0.39, 0.29) is 0 Å². The Balaban J connectivity index is 2.09. The van der Waals surface area contributed by atoms with E-state index in [0.717, 1.165) is 11.0 Å². The third kappa shape index (κ3) is 2.67. The van der Waals surface area contributed by atoms with E-state index in [0.29, 0.717) is 6.04 Å². The molecule has 0 aromatic carbocycles. The first kappa shape index (κ1) is 8.02. The van der Waals surface area contributed by atoms with E-state index < -0.39 is 0 Å². The van der Waals surface area contributed by atoms with Crippen molar-refractivity contribution in [3.8, 4) is 0 Å². The normalized spacial score (nSPS) is 18.1. The van der Waals surface area contributed by atoms with Gasteiger partial charge in [0.2, 0.25) is 0 Å². The van der Waals surface area contributed by atoms with Crippen LogP contribution in [0.15, 0.2) is 23.2 Å². The molecule has 0 aliphatic heterocycles. The van der Waals surface area contributed by atoms with Crippen LogP contribution < -0.4 is 5.32 Å². The molecule has 1 aliphatic rings. The van der Waals surface area contributed by atoms with Crippen LogP contribution in [0.25, 0.3) is 0 Å². The molecule has 1 aliphatic carbocycles. The van der Waals surface area contributed by atoms with E-state index in [1.54, 1.807) is 0 Å². The molecule has 56 valence electrons. The van der Waals surface area contributed by atoms with Crippen molar-refractivity contribution in [2.75, 3.05) is 6.54 Å². The van der Waals surface area contributed by atoms with Crippen LogP contribution in [0.4, 0.5) is 0 Å². The van der Waals surface area contributed by atoms with Gasteiger partial charge in [0, 0.05) is 17.1 Å². The highest BCUT2D eigenvalue weighted by molar-refractivity contribution is 9.11. The monoisotopic (exact) mass is 201 g/mol. The predicted octanol–water partition coefficient (Wildman–Crippen LogP) is 2.20. The SMILES string of the molecule is C=C(Br)CNC1CC=CC1. The van der Waals surface area contributed by atoms with E-state index in [2.05, 4.69) is 40.0 Å². The first-order valence-electron chi connectivity index (χ1n) is 3.50. The molecule has 1 rings (SSSR count). The van der Waals surface area contributed by atoms with Crippen molar-refractivity contribution in [2.45, 2.75) is 18.9 Å². The summed E-state index contributed by atoms with van der Waals surface area (Å²) in [5.74, 6) is 0. The molecular weight excluding hydrogens is 190 g/mol. The van der Waals surface area contributed by atoms with Gasteiger partial charge in [0.05, 0.1) is 0 Å². The molecular formula is C8H12BrN. The Bertz CT molecular complexity index is 143. The van der Waals surface area contributed by atoms with Crippen molar-refractivity contribution in [1.29, 1.82) is 0 Å². The Labute approximate surface area is 70.3 Å². The lowest BCUT2D eigenvalue weighted by Crippen LogP contribution is -2.27. The zero-order valence-electron chi connectivity index (χ0n) is 5.94. The molecule has 0 saturated heterocycles. The van der Waals surface area contributed by atoms with Crippen LogP contribution in [-0.2, 0) is 0 Å². The second-order valence-electron chi connectivity index (χ2n) is 2.54. The summed E-state index contributed by atoms with van der Waals surface area (Å²) in [7, 11) is 0. The van der Waals surface area contributed by atoms with Gasteiger partial charge in [-0.15, -0.1) is 0 Å². The molecule has 2 heteroatoms. The Kier molecular flexibility index (Phi) is 3.16. The molecule has 0 saturated carbocycles. The Morgan fingerprint density at radius 1 is 1.60 bits per heavy atom. The van der Waals surface area contributed by atoms with Crippen molar-refractivity contribution in [2.24, 2.45) is 0 Å². The molecule has 0 amide bonds. The minimum atomic E-state index is 0.647. The van der Waals surface area contributed by atoms with Gasteiger partial charge in [-0.2, -0.15) is 0 Å². The number of hydrogen-bond acceptors (Lipinski definition) is 1. The van der Waals surface area contributed by atoms with Gasteiger partial charge in [-0.05, 0) is 12.8 Å². The molecule has 0 aromatic rings. The van der Waals surface area contributed by atoms with Crippen LogP contribution in [0.5, 0.6) is 0 Å². The summed E-state index contributed by atoms with van der Waals surface area (Å²) in [6.45, 7) is 4.63. The molecule has 10 heavy (non-hydrogen) atoms. The molecule has 0 heterocycles. The molecule has 0 atom stereocenters. The zero-order chi connectivity index (χ0) is 7.40. The summed E-state index contributed by atoms with van der Waals surface area (Å²) in [5.41, 5.74) is 0. The van der Waals surface area contributed by atoms with E-state index in [4.69, 9.17) is 0 Å². The van der Waals surface area contributed by atoms with E-state index in [9.17, 15) is 0 Å². The average Bonchev–Trinajstić information content (AvgIpc) is 2.34. The quantitative estimate of drug-likeness (QED) is 0.691. The first-order valence-corrected chi connectivity index (χ1v) is 4.30. The first-order chi connectivity index (χ1) is 4.79. The van der Waals surface area contributed by atoms with E-state index >= 15 is 0 Å². The highest BCUT2D eigenvalue weighted by Crippen LogP contribution is 2.09. The Morgan fingerprint density at radius 2 is 2.20 bits per heavy atom. The molecule has 0 spiro atoms. The molecule has 0 aromatic heterocycles. The van der Waals surface area contributed by atoms with Crippen LogP contribution in [0.1, 0.15) is 12.8 Å². The van der Waals surface area contributed by atoms with Gasteiger partial charge in [-0.25, -0.2) is 0 Å². The molecule has 0 radical (unpaired) electrons. The maximum Gasteiger partial charge on any atom is 0.0268 e. The second kappa shape index (κ2) is 3.94. The number of nitrogens with one attached hydrogen (secondary N) is 1. The summed E-state index contributed by atoms with van der Waals surface area (Å²) in [6, 6.07) is 0.647. The van der Waals surface area contributed by atoms with Gasteiger partial charge in [0.25, 0.3) is 0 Å². The molecule has 1 N–H and O–H groups in total. The topological polar surface area (TPSA) is 12.0 Å². The number of hydrogen-bond donors (Lipinski definition) is 1. The lowest BCUT2D eigenvalue weighted by molar-refractivity contribution is 0.572. The summed E-state index contributed by atoms with van der Waals surface area (Å²) < 4.78 is 1.03. The van der Waals surface area contributed by atoms with E-state index in [1.165, 1.54) is 12.8 Å². The van der Waals surface area contributed by atoms with Gasteiger partial charge in [-0.3, -0.25) is 0 Å². The maximum atomic E-state index is 3.75. The average molecular weight is 202 g/mol. The minimum absolute atomic E-state index is 0.647. The molecule has 1 nitrogen and oxygen atoms in total. The van der Waals surface area contributed by atoms with Crippen LogP contribution in [0.2, 0.25) is 0 Å². The third-order valence-corrected chi connectivity index (χ3v) is 1.87. The molecule has 0 bridgehead atoms. The van der Waals surface area contributed by atoms with Crippen molar-refractivity contribution < 1.29 is 0 Å². The van der Waals surface area contributed by atoms with Gasteiger partial charge in [-0.1, -0.05) is 34.7 Å². The molecule has 0 unspecified atom stereocenters. The van der Waals surface area contributed by atoms with Crippen LogP contribution in [-0.4, -0.2) is 12.6 Å². The van der Waals surface area contributed by atoms with Gasteiger partial charge in [0.1, 0.15) is 0 Å². The van der Waals surface area contributed by atoms with Crippen molar-refractivity contribution in [3.63, 3.8) is 0 Å². The van der Waals surface area contributed by atoms with Gasteiger partial charge >= 0.3 is 0 Å². The highest BCUT2D eigenvalue weighted by atomic mass is 79.9. The molecule has 0 fully saturated rings. The van der Waals surface area contributed by atoms with Gasteiger partial charge < -0.3 is 5.32 Å². The van der Waals surface area contributed by atoms with Crippen molar-refractivity contribution >= 4 is 15.9 Å². The fraction of sp³-hybridized carbons (Fsp3) is 0.500. The lowest BCUT2D eigenvalue weighted by Gasteiger charge is -2.09. The number of halogens is 1. The fourth-order valence-corrected chi connectivity index (χ4v) is 1.20. The third-order valence-electron chi connectivity index (χ3n) is 1.59. The maximum absolute atomic E-state index is 3.75. The Hall–Kier alpha value is -0.0800. The van der Waals surface area contributed by atoms with Crippen molar-refractivity contribution in [3.05, 3.63) is 23.2 Å². The summed E-state index contributed by atoms with van der Waals surface area (Å²) >= 11 is 3.30. The van der Waals surface area contributed by atoms with E-state index in [1.807, 2.05) is 0 Å².